The molecule has 0 radical (unpaired) electrons. The molecule has 5 rings (SSSR count). The summed E-state index contributed by atoms with van der Waals surface area (Å²) in [5.41, 5.74) is 4.14. The maximum absolute atomic E-state index is 12.8. The minimum absolute atomic E-state index is 0.165. The summed E-state index contributed by atoms with van der Waals surface area (Å²) in [6.07, 6.45) is 5.62. The number of ether oxygens (including phenoxy) is 1. The highest BCUT2D eigenvalue weighted by molar-refractivity contribution is 7.15. The fraction of sp³-hybridized carbons (Fsp3) is 0.0741. The molecule has 0 atom stereocenters. The SMILES string of the molecule is Cc1ccc(/C=C/c2nc3s/c(=C/c4ccc(OCc5ccccc5)cc4)c(=O)n3n2)cc1. The lowest BCUT2D eigenvalue weighted by molar-refractivity contribution is 0.306. The van der Waals surface area contributed by atoms with Crippen molar-refractivity contribution < 1.29 is 4.74 Å². The molecule has 0 saturated carbocycles. The van der Waals surface area contributed by atoms with Crippen LogP contribution in [0.3, 0.4) is 0 Å². The van der Waals surface area contributed by atoms with Crippen LogP contribution in [0.2, 0.25) is 0 Å². The number of thiazole rings is 1. The maximum atomic E-state index is 12.8. The van der Waals surface area contributed by atoms with E-state index in [4.69, 9.17) is 4.74 Å². The Labute approximate surface area is 194 Å². The zero-order valence-corrected chi connectivity index (χ0v) is 18.8. The van der Waals surface area contributed by atoms with Gasteiger partial charge in [0.15, 0.2) is 5.82 Å². The van der Waals surface area contributed by atoms with Crippen LogP contribution in [0.1, 0.15) is 28.1 Å². The minimum Gasteiger partial charge on any atom is -0.489 e. The Hall–Kier alpha value is -4.03. The molecule has 0 saturated heterocycles. The zero-order chi connectivity index (χ0) is 22.6. The second-order valence-corrected chi connectivity index (χ2v) is 8.68. The normalized spacial score (nSPS) is 12.1. The minimum atomic E-state index is -0.165. The van der Waals surface area contributed by atoms with Crippen LogP contribution >= 0.6 is 11.3 Å². The first-order chi connectivity index (χ1) is 16.1. The third-order valence-corrected chi connectivity index (χ3v) is 6.09. The third-order valence-electron chi connectivity index (χ3n) is 5.13. The van der Waals surface area contributed by atoms with E-state index in [1.54, 1.807) is 0 Å². The van der Waals surface area contributed by atoms with Gasteiger partial charge in [-0.15, -0.1) is 5.10 Å². The van der Waals surface area contributed by atoms with Gasteiger partial charge in [-0.05, 0) is 47.9 Å². The summed E-state index contributed by atoms with van der Waals surface area (Å²) in [5.74, 6) is 1.30. The first-order valence-corrected chi connectivity index (χ1v) is 11.4. The maximum Gasteiger partial charge on any atom is 0.291 e. The third kappa shape index (κ3) is 4.91. The van der Waals surface area contributed by atoms with E-state index < -0.39 is 0 Å². The smallest absolute Gasteiger partial charge is 0.291 e. The fourth-order valence-corrected chi connectivity index (χ4v) is 4.24. The van der Waals surface area contributed by atoms with Gasteiger partial charge in [0.1, 0.15) is 12.4 Å². The predicted molar refractivity (Wildman–Crippen MR) is 133 cm³/mol. The summed E-state index contributed by atoms with van der Waals surface area (Å²) in [5, 5.41) is 4.35. The predicted octanol–water partition coefficient (Wildman–Crippen LogP) is 4.76. The highest BCUT2D eigenvalue weighted by Gasteiger charge is 2.09. The number of nitrogens with zero attached hydrogens (tertiary/aromatic N) is 3. The van der Waals surface area contributed by atoms with Crippen molar-refractivity contribution in [1.29, 1.82) is 0 Å². The van der Waals surface area contributed by atoms with Gasteiger partial charge in [-0.2, -0.15) is 9.50 Å². The van der Waals surface area contributed by atoms with E-state index in [1.807, 2.05) is 85.0 Å². The van der Waals surface area contributed by atoms with Gasteiger partial charge in [0.25, 0.3) is 5.56 Å². The topological polar surface area (TPSA) is 56.5 Å². The molecule has 0 bridgehead atoms. The Balaban J connectivity index is 1.31. The average Bonchev–Trinajstić information content (AvgIpc) is 3.37. The molecule has 3 aromatic carbocycles. The Bertz CT molecular complexity index is 1520. The molecule has 0 amide bonds. The van der Waals surface area contributed by atoms with Gasteiger partial charge in [0.05, 0.1) is 4.53 Å². The van der Waals surface area contributed by atoms with E-state index >= 15 is 0 Å². The number of aryl methyl sites for hydroxylation is 1. The Morgan fingerprint density at radius 1 is 0.909 bits per heavy atom. The fourth-order valence-electron chi connectivity index (χ4n) is 3.32. The summed E-state index contributed by atoms with van der Waals surface area (Å²) in [6.45, 7) is 2.57. The lowest BCUT2D eigenvalue weighted by Gasteiger charge is -2.06. The van der Waals surface area contributed by atoms with Gasteiger partial charge in [-0.3, -0.25) is 4.79 Å². The highest BCUT2D eigenvalue weighted by Crippen LogP contribution is 2.15. The molecule has 0 aliphatic carbocycles. The van der Waals surface area contributed by atoms with Gasteiger partial charge >= 0.3 is 0 Å². The van der Waals surface area contributed by atoms with Crippen LogP contribution in [-0.2, 0) is 6.61 Å². The molecular formula is C27H21N3O2S. The van der Waals surface area contributed by atoms with Crippen LogP contribution in [0.25, 0.3) is 23.2 Å². The van der Waals surface area contributed by atoms with Gasteiger partial charge in [0.2, 0.25) is 4.96 Å². The summed E-state index contributed by atoms with van der Waals surface area (Å²) >= 11 is 1.33. The largest absolute Gasteiger partial charge is 0.489 e. The quantitative estimate of drug-likeness (QED) is 0.374. The van der Waals surface area contributed by atoms with Crippen LogP contribution in [0.15, 0.2) is 83.7 Å². The monoisotopic (exact) mass is 451 g/mol. The van der Waals surface area contributed by atoms with Gasteiger partial charge in [-0.25, -0.2) is 0 Å². The van der Waals surface area contributed by atoms with Crippen LogP contribution in [0, 0.1) is 6.92 Å². The summed E-state index contributed by atoms with van der Waals surface area (Å²) in [6, 6.07) is 25.9. The number of hydrogen-bond donors (Lipinski definition) is 0. The molecular weight excluding hydrogens is 430 g/mol. The number of aromatic nitrogens is 3. The summed E-state index contributed by atoms with van der Waals surface area (Å²) < 4.78 is 7.79. The van der Waals surface area contributed by atoms with Crippen molar-refractivity contribution in [2.45, 2.75) is 13.5 Å². The number of rotatable bonds is 6. The molecule has 0 aliphatic heterocycles. The zero-order valence-electron chi connectivity index (χ0n) is 18.0. The standard InChI is InChI=1S/C27H21N3O2S/c1-19-7-9-20(10-8-19)13-16-25-28-27-30(29-25)26(31)24(33-27)17-21-11-14-23(15-12-21)32-18-22-5-3-2-4-6-22/h2-17H,18H2,1H3/b16-13+,24-17+. The van der Waals surface area contributed by atoms with Gasteiger partial charge < -0.3 is 4.74 Å². The molecule has 0 N–H and O–H groups in total. The number of hydrogen-bond acceptors (Lipinski definition) is 5. The molecule has 162 valence electrons. The summed E-state index contributed by atoms with van der Waals surface area (Å²) in [4.78, 5) is 17.8. The van der Waals surface area contributed by atoms with Gasteiger partial charge in [0, 0.05) is 0 Å². The Morgan fingerprint density at radius 3 is 2.36 bits per heavy atom. The molecule has 33 heavy (non-hydrogen) atoms. The van der Waals surface area contributed by atoms with E-state index in [-0.39, 0.29) is 5.56 Å². The van der Waals surface area contributed by atoms with E-state index in [9.17, 15) is 4.79 Å². The molecule has 2 heterocycles. The molecule has 5 aromatic rings. The molecule has 2 aromatic heterocycles. The average molecular weight is 452 g/mol. The second kappa shape index (κ2) is 9.22. The first-order valence-electron chi connectivity index (χ1n) is 10.6. The van der Waals surface area contributed by atoms with Crippen molar-refractivity contribution in [3.05, 3.63) is 122 Å². The van der Waals surface area contributed by atoms with Crippen LogP contribution < -0.4 is 14.8 Å². The number of benzene rings is 3. The molecule has 0 fully saturated rings. The summed E-state index contributed by atoms with van der Waals surface area (Å²) in [7, 11) is 0. The molecule has 5 nitrogen and oxygen atoms in total. The van der Waals surface area contributed by atoms with Crippen molar-refractivity contribution in [3.63, 3.8) is 0 Å². The Morgan fingerprint density at radius 2 is 1.64 bits per heavy atom. The number of fused-ring (bicyclic) bond motifs is 1. The molecule has 0 aliphatic rings. The van der Waals surface area contributed by atoms with E-state index in [0.717, 1.165) is 22.4 Å². The van der Waals surface area contributed by atoms with Crippen molar-refractivity contribution in [1.82, 2.24) is 14.6 Å². The second-order valence-electron chi connectivity index (χ2n) is 7.67. The lowest BCUT2D eigenvalue weighted by atomic mass is 10.1. The van der Waals surface area contributed by atoms with Crippen molar-refractivity contribution in [2.24, 2.45) is 0 Å². The first kappa shape index (κ1) is 20.8. The lowest BCUT2D eigenvalue weighted by Crippen LogP contribution is -2.23. The highest BCUT2D eigenvalue weighted by atomic mass is 32.1. The van der Waals surface area contributed by atoms with E-state index in [2.05, 4.69) is 29.1 Å². The van der Waals surface area contributed by atoms with Gasteiger partial charge in [-0.1, -0.05) is 89.7 Å². The van der Waals surface area contributed by atoms with Crippen LogP contribution in [-0.4, -0.2) is 14.6 Å². The molecule has 0 spiro atoms. The van der Waals surface area contributed by atoms with E-state index in [1.165, 1.54) is 21.4 Å². The van der Waals surface area contributed by atoms with E-state index in [0.29, 0.717) is 21.9 Å². The van der Waals surface area contributed by atoms with Crippen LogP contribution in [0.5, 0.6) is 5.75 Å². The Kier molecular flexibility index (Phi) is 5.83. The van der Waals surface area contributed by atoms with Crippen molar-refractivity contribution in [2.75, 3.05) is 0 Å². The molecule has 0 unspecified atom stereocenters. The van der Waals surface area contributed by atoms with Crippen molar-refractivity contribution >= 4 is 34.5 Å². The van der Waals surface area contributed by atoms with Crippen LogP contribution in [0.4, 0.5) is 0 Å². The van der Waals surface area contributed by atoms with Crippen molar-refractivity contribution in [3.8, 4) is 5.75 Å². The molecule has 6 heteroatoms.